The highest BCUT2D eigenvalue weighted by molar-refractivity contribution is 5.91. The van der Waals surface area contributed by atoms with Gasteiger partial charge in [0.2, 0.25) is 0 Å². The number of rotatable bonds is 5. The highest BCUT2D eigenvalue weighted by Gasteiger charge is 2.18. The first kappa shape index (κ1) is 13.9. The van der Waals surface area contributed by atoms with Crippen LogP contribution in [0.3, 0.4) is 0 Å². The number of nitrogens with two attached hydrogens (primary N) is 1. The molecule has 0 aliphatic carbocycles. The molecule has 19 heavy (non-hydrogen) atoms. The molecule has 0 bridgehead atoms. The molecule has 1 saturated heterocycles. The van der Waals surface area contributed by atoms with Crippen molar-refractivity contribution in [2.45, 2.75) is 25.5 Å². The van der Waals surface area contributed by atoms with Crippen LogP contribution in [-0.4, -0.2) is 58.6 Å². The third-order valence-electron chi connectivity index (χ3n) is 3.42. The largest absolute Gasteiger partial charge is 0.381 e. The summed E-state index contributed by atoms with van der Waals surface area (Å²) in [7, 11) is 1.76. The molecule has 1 aromatic heterocycles. The van der Waals surface area contributed by atoms with Gasteiger partial charge in [0.15, 0.2) is 5.69 Å². The number of piperidine rings is 1. The molecule has 0 atom stereocenters. The molecule has 0 radical (unpaired) electrons. The fourth-order valence-electron chi connectivity index (χ4n) is 2.20. The molecule has 0 saturated carbocycles. The molecular formula is C11H20N6O2. The van der Waals surface area contributed by atoms with E-state index in [1.807, 2.05) is 5.43 Å². The minimum absolute atomic E-state index is 0.237. The molecule has 3 N–H and O–H groups in total. The fourth-order valence-corrected chi connectivity index (χ4v) is 2.20. The Morgan fingerprint density at radius 3 is 2.89 bits per heavy atom. The standard InChI is InChI=1S/C11H20N6O2/c1-19-9-2-4-16(5-3-9)6-7-17-8-10(14-15-17)11(18)13-12/h8-9H,2-7,12H2,1H3,(H,13,18). The van der Waals surface area contributed by atoms with Gasteiger partial charge in [-0.25, -0.2) is 5.84 Å². The van der Waals surface area contributed by atoms with Crippen LogP contribution in [-0.2, 0) is 11.3 Å². The van der Waals surface area contributed by atoms with E-state index in [2.05, 4.69) is 15.2 Å². The molecule has 8 heteroatoms. The second-order valence-electron chi connectivity index (χ2n) is 4.62. The summed E-state index contributed by atoms with van der Waals surface area (Å²) in [6.45, 7) is 3.67. The van der Waals surface area contributed by atoms with E-state index in [4.69, 9.17) is 10.6 Å². The molecule has 0 aromatic carbocycles. The number of hydrazine groups is 1. The van der Waals surface area contributed by atoms with E-state index >= 15 is 0 Å². The normalized spacial score (nSPS) is 17.6. The number of ether oxygens (including phenoxy) is 1. The maximum Gasteiger partial charge on any atom is 0.287 e. The van der Waals surface area contributed by atoms with Crippen molar-refractivity contribution >= 4 is 5.91 Å². The Morgan fingerprint density at radius 1 is 1.53 bits per heavy atom. The number of hydrogen-bond donors (Lipinski definition) is 2. The van der Waals surface area contributed by atoms with Gasteiger partial charge in [0.25, 0.3) is 5.91 Å². The van der Waals surface area contributed by atoms with Crippen LogP contribution in [0.1, 0.15) is 23.3 Å². The average Bonchev–Trinajstić information content (AvgIpc) is 2.93. The molecule has 2 rings (SSSR count). The number of hydrogen-bond acceptors (Lipinski definition) is 6. The lowest BCUT2D eigenvalue weighted by Crippen LogP contribution is -2.38. The van der Waals surface area contributed by atoms with E-state index in [-0.39, 0.29) is 5.69 Å². The van der Waals surface area contributed by atoms with Crippen LogP contribution in [0.15, 0.2) is 6.20 Å². The van der Waals surface area contributed by atoms with E-state index < -0.39 is 5.91 Å². The highest BCUT2D eigenvalue weighted by Crippen LogP contribution is 2.12. The fraction of sp³-hybridized carbons (Fsp3) is 0.727. The molecule has 0 unspecified atom stereocenters. The van der Waals surface area contributed by atoms with E-state index in [0.717, 1.165) is 32.5 Å². The van der Waals surface area contributed by atoms with E-state index in [1.165, 1.54) is 0 Å². The Kier molecular flexibility index (Phi) is 4.83. The van der Waals surface area contributed by atoms with E-state index in [9.17, 15) is 4.79 Å². The SMILES string of the molecule is COC1CCN(CCn2cc(C(=O)NN)nn2)CC1. The molecule has 1 aliphatic rings. The van der Waals surface area contributed by atoms with Crippen molar-refractivity contribution in [2.24, 2.45) is 5.84 Å². The molecular weight excluding hydrogens is 248 g/mol. The summed E-state index contributed by atoms with van der Waals surface area (Å²) in [4.78, 5) is 13.6. The zero-order chi connectivity index (χ0) is 13.7. The van der Waals surface area contributed by atoms with Gasteiger partial charge in [-0.2, -0.15) is 0 Å². The Morgan fingerprint density at radius 2 is 2.26 bits per heavy atom. The molecule has 1 aliphatic heterocycles. The van der Waals surface area contributed by atoms with Crippen LogP contribution < -0.4 is 11.3 Å². The number of nitrogen functional groups attached to an aromatic ring is 1. The maximum absolute atomic E-state index is 11.2. The quantitative estimate of drug-likeness (QED) is 0.403. The van der Waals surface area contributed by atoms with Gasteiger partial charge in [0, 0.05) is 26.7 Å². The van der Waals surface area contributed by atoms with Crippen LogP contribution in [0.4, 0.5) is 0 Å². The van der Waals surface area contributed by atoms with Gasteiger partial charge < -0.3 is 9.64 Å². The van der Waals surface area contributed by atoms with Crippen LogP contribution in [0.5, 0.6) is 0 Å². The maximum atomic E-state index is 11.2. The summed E-state index contributed by atoms with van der Waals surface area (Å²) in [6, 6.07) is 0. The van der Waals surface area contributed by atoms with Gasteiger partial charge in [-0.3, -0.25) is 14.9 Å². The number of nitrogens with one attached hydrogen (secondary N) is 1. The van der Waals surface area contributed by atoms with E-state index in [0.29, 0.717) is 12.6 Å². The van der Waals surface area contributed by atoms with E-state index in [1.54, 1.807) is 18.0 Å². The summed E-state index contributed by atoms with van der Waals surface area (Å²) in [5, 5.41) is 7.66. The van der Waals surface area contributed by atoms with Crippen molar-refractivity contribution in [3.8, 4) is 0 Å². The Labute approximate surface area is 111 Å². The Balaban J connectivity index is 1.76. The average molecular weight is 268 g/mol. The van der Waals surface area contributed by atoms with Gasteiger partial charge in [-0.15, -0.1) is 5.10 Å². The molecule has 1 fully saturated rings. The van der Waals surface area contributed by atoms with Crippen LogP contribution in [0.25, 0.3) is 0 Å². The number of likely N-dealkylation sites (tertiary alicyclic amines) is 1. The van der Waals surface area contributed by atoms with Crippen molar-refractivity contribution in [1.82, 2.24) is 25.3 Å². The summed E-state index contributed by atoms with van der Waals surface area (Å²) in [5.41, 5.74) is 2.27. The van der Waals surface area contributed by atoms with Crippen molar-refractivity contribution in [3.05, 3.63) is 11.9 Å². The number of carbonyl (C=O) groups excluding carboxylic acids is 1. The third kappa shape index (κ3) is 3.72. The smallest absolute Gasteiger partial charge is 0.287 e. The molecule has 1 aromatic rings. The lowest BCUT2D eigenvalue weighted by atomic mass is 10.1. The van der Waals surface area contributed by atoms with Gasteiger partial charge in [-0.1, -0.05) is 5.21 Å². The van der Waals surface area contributed by atoms with Crippen molar-refractivity contribution in [1.29, 1.82) is 0 Å². The second-order valence-corrected chi connectivity index (χ2v) is 4.62. The lowest BCUT2D eigenvalue weighted by Gasteiger charge is -2.30. The molecule has 8 nitrogen and oxygen atoms in total. The number of methoxy groups -OCH3 is 1. The monoisotopic (exact) mass is 268 g/mol. The predicted octanol–water partition coefficient (Wildman–Crippen LogP) is -1.01. The summed E-state index contributed by atoms with van der Waals surface area (Å²) < 4.78 is 6.99. The molecule has 2 heterocycles. The Bertz CT molecular complexity index is 413. The summed E-state index contributed by atoms with van der Waals surface area (Å²) in [5.74, 6) is 4.61. The minimum Gasteiger partial charge on any atom is -0.381 e. The van der Waals surface area contributed by atoms with Gasteiger partial charge in [0.1, 0.15) is 0 Å². The van der Waals surface area contributed by atoms with Crippen molar-refractivity contribution in [3.63, 3.8) is 0 Å². The number of nitrogens with zero attached hydrogens (tertiary/aromatic N) is 4. The van der Waals surface area contributed by atoms with Gasteiger partial charge >= 0.3 is 0 Å². The second kappa shape index (κ2) is 6.60. The van der Waals surface area contributed by atoms with Gasteiger partial charge in [-0.05, 0) is 12.8 Å². The predicted molar refractivity (Wildman–Crippen MR) is 68.1 cm³/mol. The number of amides is 1. The third-order valence-corrected chi connectivity index (χ3v) is 3.42. The zero-order valence-electron chi connectivity index (χ0n) is 11.1. The Hall–Kier alpha value is -1.51. The summed E-state index contributed by atoms with van der Waals surface area (Å²) in [6.07, 6.45) is 4.12. The molecule has 0 spiro atoms. The zero-order valence-corrected chi connectivity index (χ0v) is 11.1. The summed E-state index contributed by atoms with van der Waals surface area (Å²) >= 11 is 0. The van der Waals surface area contributed by atoms with Crippen molar-refractivity contribution < 1.29 is 9.53 Å². The van der Waals surface area contributed by atoms with Crippen LogP contribution in [0, 0.1) is 0 Å². The molecule has 106 valence electrons. The first-order chi connectivity index (χ1) is 9.22. The number of aromatic nitrogens is 3. The highest BCUT2D eigenvalue weighted by atomic mass is 16.5. The van der Waals surface area contributed by atoms with Gasteiger partial charge in [0.05, 0.1) is 18.8 Å². The first-order valence-corrected chi connectivity index (χ1v) is 6.39. The van der Waals surface area contributed by atoms with Crippen molar-refractivity contribution in [2.75, 3.05) is 26.7 Å². The minimum atomic E-state index is -0.424. The van der Waals surface area contributed by atoms with Crippen LogP contribution in [0.2, 0.25) is 0 Å². The number of carbonyl (C=O) groups is 1. The molecule has 1 amide bonds. The first-order valence-electron chi connectivity index (χ1n) is 6.39. The van der Waals surface area contributed by atoms with Crippen LogP contribution >= 0.6 is 0 Å². The topological polar surface area (TPSA) is 98.3 Å². The lowest BCUT2D eigenvalue weighted by molar-refractivity contribution is 0.0399.